The lowest BCUT2D eigenvalue weighted by atomic mass is 9.72. The van der Waals surface area contributed by atoms with Crippen molar-refractivity contribution < 1.29 is 23.9 Å². The number of nitrogens with one attached hydrogen (secondary N) is 1. The summed E-state index contributed by atoms with van der Waals surface area (Å²) in [7, 11) is 0. The van der Waals surface area contributed by atoms with Crippen molar-refractivity contribution in [2.45, 2.75) is 104 Å². The van der Waals surface area contributed by atoms with Crippen molar-refractivity contribution in [1.82, 2.24) is 15.4 Å². The van der Waals surface area contributed by atoms with Crippen molar-refractivity contribution in [2.75, 3.05) is 31.1 Å². The van der Waals surface area contributed by atoms with Crippen LogP contribution in [0.15, 0.2) is 35.6 Å². The largest absolute Gasteiger partial charge is 0.443 e. The average Bonchev–Trinajstić information content (AvgIpc) is 3.37. The molecule has 9 heteroatoms. The van der Waals surface area contributed by atoms with Crippen molar-refractivity contribution in [1.29, 1.82) is 0 Å². The van der Waals surface area contributed by atoms with Crippen LogP contribution in [0.5, 0.6) is 0 Å². The number of pyridine rings is 1. The van der Waals surface area contributed by atoms with Crippen LogP contribution < -0.4 is 10.4 Å². The molecule has 2 fully saturated rings. The lowest BCUT2D eigenvalue weighted by Crippen LogP contribution is -2.45. The fourth-order valence-corrected chi connectivity index (χ4v) is 5.93. The van der Waals surface area contributed by atoms with Crippen LogP contribution in [0.2, 0.25) is 0 Å². The number of likely N-dealkylation sites (tertiary alicyclic amines) is 1. The number of allylic oxidation sites excluding steroid dienone is 1. The Morgan fingerprint density at radius 1 is 1.22 bits per heavy atom. The van der Waals surface area contributed by atoms with Crippen LogP contribution in [-0.2, 0) is 19.1 Å². The summed E-state index contributed by atoms with van der Waals surface area (Å²) in [6.45, 7) is 15.9. The smallest absolute Gasteiger partial charge is 0.416 e. The molecule has 1 unspecified atom stereocenters. The fraction of sp³-hybridized carbons (Fsp3) is 0.656. The Morgan fingerprint density at radius 3 is 2.68 bits per heavy atom. The molecule has 3 aliphatic rings. The van der Waals surface area contributed by atoms with Crippen LogP contribution >= 0.6 is 0 Å². The fourth-order valence-electron chi connectivity index (χ4n) is 5.93. The van der Waals surface area contributed by atoms with Crippen molar-refractivity contribution in [3.8, 4) is 0 Å². The summed E-state index contributed by atoms with van der Waals surface area (Å²) in [4.78, 5) is 39.7. The number of ether oxygens (including phenoxy) is 2. The second-order valence-electron chi connectivity index (χ2n) is 13.2. The summed E-state index contributed by atoms with van der Waals surface area (Å²) in [6, 6.07) is 3.62. The maximum atomic E-state index is 13.4. The highest BCUT2D eigenvalue weighted by Crippen LogP contribution is 2.41. The molecule has 4 rings (SSSR count). The SMILES string of the molecule is CC1=C(CN2CC[C@@H](N(C(=O)OC(C)(C)C)c3ccc(C=CC(=O)NOC4CCCCO4)cn3)C2)C(C)(C)CCC1. The maximum absolute atomic E-state index is 13.4. The minimum absolute atomic E-state index is 0.0451. The highest BCUT2D eigenvalue weighted by atomic mass is 16.8. The van der Waals surface area contributed by atoms with Gasteiger partial charge in [-0.1, -0.05) is 25.0 Å². The lowest BCUT2D eigenvalue weighted by molar-refractivity contribution is -0.198. The van der Waals surface area contributed by atoms with Crippen LogP contribution in [0.1, 0.15) is 92.1 Å². The normalized spacial score (nSPS) is 23.6. The van der Waals surface area contributed by atoms with Gasteiger partial charge in [-0.2, -0.15) is 0 Å². The van der Waals surface area contributed by atoms with E-state index in [9.17, 15) is 9.59 Å². The van der Waals surface area contributed by atoms with Crippen LogP contribution in [0.4, 0.5) is 10.6 Å². The molecule has 226 valence electrons. The Hall–Kier alpha value is -2.75. The number of amides is 2. The van der Waals surface area contributed by atoms with Gasteiger partial charge < -0.3 is 9.47 Å². The summed E-state index contributed by atoms with van der Waals surface area (Å²) in [5, 5.41) is 0. The van der Waals surface area contributed by atoms with Gasteiger partial charge in [-0.3, -0.25) is 14.6 Å². The zero-order chi connectivity index (χ0) is 29.6. The van der Waals surface area contributed by atoms with Crippen LogP contribution in [0.25, 0.3) is 6.08 Å². The molecule has 2 saturated heterocycles. The van der Waals surface area contributed by atoms with Gasteiger partial charge in [-0.05, 0) is 95.4 Å². The molecular formula is C32H48N4O5. The van der Waals surface area contributed by atoms with E-state index in [-0.39, 0.29) is 17.4 Å². The first-order valence-corrected chi connectivity index (χ1v) is 15.1. The molecule has 1 N–H and O–H groups in total. The molecule has 9 nitrogen and oxygen atoms in total. The van der Waals surface area contributed by atoms with Gasteiger partial charge in [0.05, 0.1) is 6.04 Å². The first-order chi connectivity index (χ1) is 19.4. The molecule has 1 aromatic heterocycles. The first-order valence-electron chi connectivity index (χ1n) is 15.1. The van der Waals surface area contributed by atoms with E-state index < -0.39 is 18.0 Å². The number of rotatable bonds is 8. The zero-order valence-electron chi connectivity index (χ0n) is 25.7. The van der Waals surface area contributed by atoms with E-state index >= 15 is 0 Å². The Bertz CT molecular complexity index is 1120. The van der Waals surface area contributed by atoms with Gasteiger partial charge >= 0.3 is 6.09 Å². The van der Waals surface area contributed by atoms with Gasteiger partial charge in [0.2, 0.25) is 0 Å². The number of nitrogens with zero attached hydrogens (tertiary/aromatic N) is 3. The maximum Gasteiger partial charge on any atom is 0.416 e. The summed E-state index contributed by atoms with van der Waals surface area (Å²) < 4.78 is 11.3. The average molecular weight is 569 g/mol. The van der Waals surface area contributed by atoms with E-state index in [2.05, 4.69) is 36.1 Å². The van der Waals surface area contributed by atoms with Gasteiger partial charge in [0.15, 0.2) is 6.29 Å². The number of anilines is 1. The number of aromatic nitrogens is 1. The molecule has 0 saturated carbocycles. The Labute approximate surface area is 245 Å². The monoisotopic (exact) mass is 568 g/mol. The third-order valence-corrected chi connectivity index (χ3v) is 8.14. The number of carbonyl (C=O) groups is 2. The molecule has 1 aromatic rings. The highest BCUT2D eigenvalue weighted by Gasteiger charge is 2.37. The molecule has 0 bridgehead atoms. The second kappa shape index (κ2) is 13.5. The Balaban J connectivity index is 1.42. The molecule has 2 amide bonds. The van der Waals surface area contributed by atoms with E-state index in [0.717, 1.165) is 50.9 Å². The number of hydroxylamine groups is 1. The number of hydrogen-bond donors (Lipinski definition) is 1. The van der Waals surface area contributed by atoms with Crippen LogP contribution in [0.3, 0.4) is 0 Å². The van der Waals surface area contributed by atoms with Crippen molar-refractivity contribution in [3.63, 3.8) is 0 Å². The molecule has 0 aromatic carbocycles. The molecule has 0 spiro atoms. The van der Waals surface area contributed by atoms with E-state index in [1.165, 1.54) is 30.9 Å². The van der Waals surface area contributed by atoms with E-state index in [4.69, 9.17) is 14.3 Å². The Kier molecular flexibility index (Phi) is 10.3. The van der Waals surface area contributed by atoms with Crippen LogP contribution in [0, 0.1) is 5.41 Å². The quantitative estimate of drug-likeness (QED) is 0.233. The van der Waals surface area contributed by atoms with Gasteiger partial charge in [-0.15, -0.1) is 0 Å². The third-order valence-electron chi connectivity index (χ3n) is 8.14. The summed E-state index contributed by atoms with van der Waals surface area (Å²) in [5.74, 6) is 0.162. The third kappa shape index (κ3) is 8.87. The molecule has 2 atom stereocenters. The molecule has 0 radical (unpaired) electrons. The predicted molar refractivity (Wildman–Crippen MR) is 160 cm³/mol. The molecule has 2 aliphatic heterocycles. The Morgan fingerprint density at radius 2 is 2.02 bits per heavy atom. The van der Waals surface area contributed by atoms with E-state index in [0.29, 0.717) is 12.4 Å². The van der Waals surface area contributed by atoms with Gasteiger partial charge in [0, 0.05) is 44.9 Å². The standard InChI is InChI=1S/C32H48N4O5/c1-23-10-9-17-32(5,6)26(23)22-35-18-16-25(21-35)36(30(38)40-31(2,3)4)27-14-12-24(20-33-27)13-15-28(37)34-41-29-11-7-8-19-39-29/h12-15,20,25,29H,7-11,16-19,21-22H2,1-6H3,(H,34,37)/t25-,29?/m1/s1. The number of carbonyl (C=O) groups excluding carboxylic acids is 2. The molecule has 1 aliphatic carbocycles. The van der Waals surface area contributed by atoms with Crippen molar-refractivity contribution in [2.24, 2.45) is 5.41 Å². The highest BCUT2D eigenvalue weighted by molar-refractivity contribution is 5.91. The van der Waals surface area contributed by atoms with E-state index in [1.54, 1.807) is 22.7 Å². The van der Waals surface area contributed by atoms with Crippen LogP contribution in [-0.4, -0.2) is 66.1 Å². The molecule has 41 heavy (non-hydrogen) atoms. The second-order valence-corrected chi connectivity index (χ2v) is 13.2. The summed E-state index contributed by atoms with van der Waals surface area (Å²) in [6.07, 6.45) is 11.2. The molecular weight excluding hydrogens is 520 g/mol. The summed E-state index contributed by atoms with van der Waals surface area (Å²) >= 11 is 0. The predicted octanol–water partition coefficient (Wildman–Crippen LogP) is 6.01. The van der Waals surface area contributed by atoms with Crippen molar-refractivity contribution >= 4 is 23.9 Å². The summed E-state index contributed by atoms with van der Waals surface area (Å²) in [5.41, 5.74) is 5.80. The topological polar surface area (TPSA) is 93.2 Å². The van der Waals surface area contributed by atoms with Gasteiger partial charge in [-0.25, -0.2) is 20.1 Å². The van der Waals surface area contributed by atoms with Gasteiger partial charge in [0.25, 0.3) is 5.91 Å². The molecule has 3 heterocycles. The number of hydrogen-bond acceptors (Lipinski definition) is 7. The lowest BCUT2D eigenvalue weighted by Gasteiger charge is -2.37. The van der Waals surface area contributed by atoms with E-state index in [1.807, 2.05) is 32.9 Å². The zero-order valence-corrected chi connectivity index (χ0v) is 25.7. The van der Waals surface area contributed by atoms with Crippen molar-refractivity contribution in [3.05, 3.63) is 41.1 Å². The first kappa shape index (κ1) is 31.2. The van der Waals surface area contributed by atoms with Gasteiger partial charge in [0.1, 0.15) is 11.4 Å². The minimum Gasteiger partial charge on any atom is -0.443 e. The minimum atomic E-state index is -0.623.